The summed E-state index contributed by atoms with van der Waals surface area (Å²) in [5.74, 6) is 2.16. The molecule has 0 radical (unpaired) electrons. The summed E-state index contributed by atoms with van der Waals surface area (Å²) in [5, 5.41) is 0. The van der Waals surface area contributed by atoms with Crippen LogP contribution in [0.3, 0.4) is 0 Å². The Bertz CT molecular complexity index is 1070. The Morgan fingerprint density at radius 1 is 1.10 bits per heavy atom. The number of imidazole rings is 1. The van der Waals surface area contributed by atoms with E-state index >= 15 is 0 Å². The number of ketones is 1. The molecule has 3 heterocycles. The molecule has 6 nitrogen and oxygen atoms in total. The number of aromatic nitrogens is 2. The average molecular weight is 438 g/mol. The van der Waals surface area contributed by atoms with Crippen LogP contribution < -0.4 is 4.74 Å². The first-order chi connectivity index (χ1) is 15.0. The van der Waals surface area contributed by atoms with Crippen LogP contribution in [0.4, 0.5) is 0 Å². The lowest BCUT2D eigenvalue weighted by molar-refractivity contribution is -0.129. The number of rotatable bonds is 7. The Kier molecular flexibility index (Phi) is 6.61. The molecule has 0 aliphatic carbocycles. The molecule has 162 valence electrons. The van der Waals surface area contributed by atoms with Crippen molar-refractivity contribution in [1.82, 2.24) is 14.3 Å². The molecule has 1 aromatic carbocycles. The van der Waals surface area contributed by atoms with Gasteiger partial charge in [-0.2, -0.15) is 0 Å². The zero-order valence-corrected chi connectivity index (χ0v) is 18.7. The van der Waals surface area contributed by atoms with Gasteiger partial charge in [-0.1, -0.05) is 6.07 Å². The highest BCUT2D eigenvalue weighted by Crippen LogP contribution is 2.24. The number of nitrogens with zero attached hydrogens (tertiary/aromatic N) is 3. The molecule has 1 aliphatic heterocycles. The molecule has 0 saturated carbocycles. The Morgan fingerprint density at radius 2 is 1.84 bits per heavy atom. The van der Waals surface area contributed by atoms with Crippen LogP contribution in [0.1, 0.15) is 34.5 Å². The third-order valence-corrected chi connectivity index (χ3v) is 6.67. The lowest BCUT2D eigenvalue weighted by Crippen LogP contribution is -2.41. The summed E-state index contributed by atoms with van der Waals surface area (Å²) in [5.41, 5.74) is 3.81. The maximum atomic E-state index is 12.7. The van der Waals surface area contributed by atoms with E-state index in [1.54, 1.807) is 18.9 Å². The molecule has 31 heavy (non-hydrogen) atoms. The van der Waals surface area contributed by atoms with Crippen LogP contribution in [0.2, 0.25) is 0 Å². The molecule has 1 aliphatic rings. The number of hydrogen-bond donors (Lipinski definition) is 0. The van der Waals surface area contributed by atoms with Crippen molar-refractivity contribution in [2.75, 3.05) is 26.0 Å². The number of thioether (sulfide) groups is 1. The number of fused-ring (bicyclic) bond motifs is 1. The van der Waals surface area contributed by atoms with Gasteiger partial charge in [-0.3, -0.25) is 9.59 Å². The summed E-state index contributed by atoms with van der Waals surface area (Å²) < 4.78 is 7.18. The van der Waals surface area contributed by atoms with Crippen LogP contribution in [-0.2, 0) is 10.5 Å². The molecular weight excluding hydrogens is 410 g/mol. The van der Waals surface area contributed by atoms with E-state index in [9.17, 15) is 9.59 Å². The molecule has 0 atom stereocenters. The standard InChI is InChI=1S/C24H27N3O3S/c1-17-3-8-22-25-20(14-27(22)13-17)15-31-16-23(28)26-11-9-19(10-12-26)24(29)18-4-6-21(30-2)7-5-18/h3-8,13-14,19H,9-12,15-16H2,1-2H3. The largest absolute Gasteiger partial charge is 0.497 e. The van der Waals surface area contributed by atoms with Crippen molar-refractivity contribution >= 4 is 29.1 Å². The Morgan fingerprint density at radius 3 is 2.55 bits per heavy atom. The van der Waals surface area contributed by atoms with Crippen molar-refractivity contribution < 1.29 is 14.3 Å². The Balaban J connectivity index is 1.23. The van der Waals surface area contributed by atoms with Crippen molar-refractivity contribution in [3.05, 3.63) is 65.6 Å². The van der Waals surface area contributed by atoms with E-state index in [-0.39, 0.29) is 17.6 Å². The van der Waals surface area contributed by atoms with E-state index in [1.807, 2.05) is 51.9 Å². The quantitative estimate of drug-likeness (QED) is 0.523. The third-order valence-electron chi connectivity index (χ3n) is 5.72. The van der Waals surface area contributed by atoms with Gasteiger partial charge in [0.25, 0.3) is 0 Å². The fourth-order valence-corrected chi connectivity index (χ4v) is 4.75. The van der Waals surface area contributed by atoms with Gasteiger partial charge >= 0.3 is 0 Å². The molecule has 3 aromatic rings. The maximum Gasteiger partial charge on any atom is 0.232 e. The van der Waals surface area contributed by atoms with Crippen molar-refractivity contribution in [3.8, 4) is 5.75 Å². The molecule has 1 amide bonds. The van der Waals surface area contributed by atoms with Gasteiger partial charge in [0.15, 0.2) is 5.78 Å². The minimum absolute atomic E-state index is 0.0217. The highest BCUT2D eigenvalue weighted by Gasteiger charge is 2.27. The van der Waals surface area contributed by atoms with E-state index in [0.29, 0.717) is 43.0 Å². The average Bonchev–Trinajstić information content (AvgIpc) is 3.20. The monoisotopic (exact) mass is 437 g/mol. The van der Waals surface area contributed by atoms with E-state index in [0.717, 1.165) is 17.1 Å². The molecule has 4 rings (SSSR count). The first kappa shape index (κ1) is 21.4. The fourth-order valence-electron chi connectivity index (χ4n) is 3.94. The highest BCUT2D eigenvalue weighted by molar-refractivity contribution is 7.99. The number of piperidine rings is 1. The van der Waals surface area contributed by atoms with Gasteiger partial charge < -0.3 is 14.0 Å². The van der Waals surface area contributed by atoms with Crippen LogP contribution in [0, 0.1) is 12.8 Å². The molecule has 0 unspecified atom stereocenters. The fraction of sp³-hybridized carbons (Fsp3) is 0.375. The highest BCUT2D eigenvalue weighted by atomic mass is 32.2. The molecule has 7 heteroatoms. The first-order valence-electron chi connectivity index (χ1n) is 10.5. The SMILES string of the molecule is COc1ccc(C(=O)C2CCN(C(=O)CSCc3cn4cc(C)ccc4n3)CC2)cc1. The zero-order valence-electron chi connectivity index (χ0n) is 17.9. The van der Waals surface area contributed by atoms with Gasteiger partial charge in [0.05, 0.1) is 18.6 Å². The first-order valence-corrected chi connectivity index (χ1v) is 11.7. The van der Waals surface area contributed by atoms with Crippen LogP contribution in [0.5, 0.6) is 5.75 Å². The Labute approximate surface area is 186 Å². The summed E-state index contributed by atoms with van der Waals surface area (Å²) in [7, 11) is 1.61. The number of hydrogen-bond acceptors (Lipinski definition) is 5. The van der Waals surface area contributed by atoms with Gasteiger partial charge in [-0.05, 0) is 55.7 Å². The molecule has 0 bridgehead atoms. The second-order valence-electron chi connectivity index (χ2n) is 7.94. The minimum atomic E-state index is -0.0217. The zero-order chi connectivity index (χ0) is 21.8. The number of benzene rings is 1. The molecule has 0 spiro atoms. The molecule has 1 saturated heterocycles. The number of aryl methyl sites for hydroxylation is 1. The van der Waals surface area contributed by atoms with Gasteiger partial charge in [0, 0.05) is 42.7 Å². The van der Waals surface area contributed by atoms with E-state index in [4.69, 9.17) is 4.74 Å². The number of methoxy groups -OCH3 is 1. The summed E-state index contributed by atoms with van der Waals surface area (Å²) in [6.07, 6.45) is 5.51. The van der Waals surface area contributed by atoms with Crippen LogP contribution in [-0.4, -0.2) is 51.9 Å². The predicted octanol–water partition coefficient (Wildman–Crippen LogP) is 4.01. The van der Waals surface area contributed by atoms with Crippen molar-refractivity contribution in [3.63, 3.8) is 0 Å². The van der Waals surface area contributed by atoms with E-state index in [2.05, 4.69) is 18.1 Å². The van der Waals surface area contributed by atoms with Crippen molar-refractivity contribution in [2.24, 2.45) is 5.92 Å². The van der Waals surface area contributed by atoms with Gasteiger partial charge in [-0.25, -0.2) is 4.98 Å². The van der Waals surface area contributed by atoms with Crippen molar-refractivity contribution in [2.45, 2.75) is 25.5 Å². The van der Waals surface area contributed by atoms with E-state index < -0.39 is 0 Å². The summed E-state index contributed by atoms with van der Waals surface area (Å²) in [6.45, 7) is 3.33. The smallest absolute Gasteiger partial charge is 0.232 e. The lowest BCUT2D eigenvalue weighted by atomic mass is 9.89. The minimum Gasteiger partial charge on any atom is -0.497 e. The molecular formula is C24H27N3O3S. The van der Waals surface area contributed by atoms with Crippen molar-refractivity contribution in [1.29, 1.82) is 0 Å². The Hall–Kier alpha value is -2.80. The number of carbonyl (C=O) groups excluding carboxylic acids is 2. The predicted molar refractivity (Wildman–Crippen MR) is 123 cm³/mol. The summed E-state index contributed by atoms with van der Waals surface area (Å²) in [6, 6.07) is 11.3. The third kappa shape index (κ3) is 5.10. The van der Waals surface area contributed by atoms with Gasteiger partial charge in [0.1, 0.15) is 11.4 Å². The number of amides is 1. The molecule has 0 N–H and O–H groups in total. The van der Waals surface area contributed by atoms with Gasteiger partial charge in [0.2, 0.25) is 5.91 Å². The van der Waals surface area contributed by atoms with Gasteiger partial charge in [-0.15, -0.1) is 11.8 Å². The number of Topliss-reactive ketones (excluding diaryl/α,β-unsaturated/α-hetero) is 1. The van der Waals surface area contributed by atoms with Crippen LogP contribution >= 0.6 is 11.8 Å². The second-order valence-corrected chi connectivity index (χ2v) is 8.93. The van der Waals surface area contributed by atoms with E-state index in [1.165, 1.54) is 5.56 Å². The van der Waals surface area contributed by atoms with Crippen LogP contribution in [0.15, 0.2) is 48.8 Å². The summed E-state index contributed by atoms with van der Waals surface area (Å²) >= 11 is 1.59. The topological polar surface area (TPSA) is 63.9 Å². The maximum absolute atomic E-state index is 12.7. The second kappa shape index (κ2) is 9.56. The lowest BCUT2D eigenvalue weighted by Gasteiger charge is -2.31. The number of likely N-dealkylation sites (tertiary alicyclic amines) is 1. The number of pyridine rings is 1. The van der Waals surface area contributed by atoms with Crippen LogP contribution in [0.25, 0.3) is 5.65 Å². The normalized spacial score (nSPS) is 14.7. The molecule has 1 fully saturated rings. The summed E-state index contributed by atoms with van der Waals surface area (Å²) in [4.78, 5) is 31.8. The number of ether oxygens (including phenoxy) is 1. The number of carbonyl (C=O) groups is 2. The molecule has 2 aromatic heterocycles.